The van der Waals surface area contributed by atoms with E-state index in [1.807, 2.05) is 6.92 Å². The van der Waals surface area contributed by atoms with E-state index < -0.39 is 18.0 Å². The molecule has 8 nitrogen and oxygen atoms in total. The van der Waals surface area contributed by atoms with E-state index in [-0.39, 0.29) is 17.2 Å². The predicted molar refractivity (Wildman–Crippen MR) is 130 cm³/mol. The Bertz CT molecular complexity index is 1320. The molecule has 2 heterocycles. The number of hydrogen-bond acceptors (Lipinski definition) is 6. The molecule has 6 N–H and O–H groups in total. The molecule has 0 spiro atoms. The molecule has 0 bridgehead atoms. The predicted octanol–water partition coefficient (Wildman–Crippen LogP) is 3.63. The molecule has 0 atom stereocenters. The van der Waals surface area contributed by atoms with Gasteiger partial charge in [-0.15, -0.1) is 0 Å². The van der Waals surface area contributed by atoms with E-state index >= 15 is 0 Å². The second-order valence-corrected chi connectivity index (χ2v) is 7.48. The molecule has 0 aliphatic rings. The van der Waals surface area contributed by atoms with Crippen molar-refractivity contribution in [3.63, 3.8) is 0 Å². The molecule has 0 radical (unpaired) electrons. The Morgan fingerprint density at radius 1 is 1.00 bits per heavy atom. The zero-order chi connectivity index (χ0) is 25.5. The number of allylic oxidation sites excluding steroid dienone is 2. The van der Waals surface area contributed by atoms with Gasteiger partial charge in [0.1, 0.15) is 11.4 Å². The van der Waals surface area contributed by atoms with E-state index in [1.165, 1.54) is 25.5 Å². The van der Waals surface area contributed by atoms with E-state index in [2.05, 4.69) is 20.6 Å². The van der Waals surface area contributed by atoms with Crippen molar-refractivity contribution in [2.75, 3.05) is 12.4 Å². The van der Waals surface area contributed by atoms with Crippen LogP contribution in [0, 0.1) is 6.92 Å². The summed E-state index contributed by atoms with van der Waals surface area (Å²) in [6, 6.07) is 10.8. The zero-order valence-corrected chi connectivity index (χ0v) is 19.0. The van der Waals surface area contributed by atoms with E-state index in [9.17, 15) is 18.4 Å². The maximum Gasteiger partial charge on any atom is 0.280 e. The normalized spacial score (nSPS) is 11.9. The Hall–Kier alpha value is -4.60. The summed E-state index contributed by atoms with van der Waals surface area (Å²) in [4.78, 5) is 32.1. The first-order valence-corrected chi connectivity index (χ1v) is 10.5. The molecule has 0 saturated carbocycles. The molecule has 0 aliphatic carbocycles. The van der Waals surface area contributed by atoms with Gasteiger partial charge in [-0.05, 0) is 66.1 Å². The van der Waals surface area contributed by atoms with Gasteiger partial charge in [0.05, 0.1) is 0 Å². The number of hydrogen-bond donors (Lipinski definition) is 4. The van der Waals surface area contributed by atoms with Crippen molar-refractivity contribution in [1.29, 1.82) is 0 Å². The molecule has 3 rings (SSSR count). The number of alkyl halides is 2. The fourth-order valence-electron chi connectivity index (χ4n) is 3.26. The van der Waals surface area contributed by atoms with E-state index in [0.717, 1.165) is 17.8 Å². The molecule has 2 aromatic heterocycles. The number of pyridine rings is 2. The van der Waals surface area contributed by atoms with Crippen molar-refractivity contribution in [3.05, 3.63) is 101 Å². The lowest BCUT2D eigenvalue weighted by atomic mass is 10.0. The summed E-state index contributed by atoms with van der Waals surface area (Å²) in [7, 11) is 1.51. The minimum atomic E-state index is -2.78. The van der Waals surface area contributed by atoms with Gasteiger partial charge in [0.25, 0.3) is 18.2 Å². The van der Waals surface area contributed by atoms with Crippen LogP contribution >= 0.6 is 0 Å². The summed E-state index contributed by atoms with van der Waals surface area (Å²) >= 11 is 0. The topological polar surface area (TPSA) is 136 Å². The smallest absolute Gasteiger partial charge is 0.280 e. The van der Waals surface area contributed by atoms with Crippen LogP contribution in [0.4, 0.5) is 14.5 Å². The Labute approximate surface area is 200 Å². The third kappa shape index (κ3) is 6.05. The van der Waals surface area contributed by atoms with Crippen molar-refractivity contribution < 1.29 is 18.4 Å². The summed E-state index contributed by atoms with van der Waals surface area (Å²) in [6.45, 7) is 1.85. The number of benzene rings is 1. The molecule has 10 heteroatoms. The van der Waals surface area contributed by atoms with Crippen molar-refractivity contribution >= 4 is 28.8 Å². The van der Waals surface area contributed by atoms with Crippen LogP contribution in [0.2, 0.25) is 0 Å². The van der Waals surface area contributed by atoms with Gasteiger partial charge in [0, 0.05) is 48.2 Å². The Balaban J connectivity index is 1.88. The number of nitrogens with zero attached hydrogens (tertiary/aromatic N) is 2. The van der Waals surface area contributed by atoms with E-state index in [1.54, 1.807) is 36.4 Å². The number of amides is 2. The van der Waals surface area contributed by atoms with Crippen LogP contribution < -0.4 is 22.1 Å². The molecule has 35 heavy (non-hydrogen) atoms. The number of nitrogens with one attached hydrogen (secondary N) is 2. The second kappa shape index (κ2) is 11.0. The summed E-state index contributed by atoms with van der Waals surface area (Å²) < 4.78 is 25.8. The highest BCUT2D eigenvalue weighted by Crippen LogP contribution is 2.25. The lowest BCUT2D eigenvalue weighted by molar-refractivity contribution is 0.0957. The van der Waals surface area contributed by atoms with Crippen LogP contribution in [0.5, 0.6) is 0 Å². The van der Waals surface area contributed by atoms with Gasteiger partial charge in [0.2, 0.25) is 0 Å². The van der Waals surface area contributed by atoms with Gasteiger partial charge in [-0.3, -0.25) is 19.6 Å². The molecule has 0 aliphatic heterocycles. The number of aromatic nitrogens is 2. The maximum absolute atomic E-state index is 12.9. The van der Waals surface area contributed by atoms with Gasteiger partial charge in [-0.25, -0.2) is 8.78 Å². The molecular formula is C25H24F2N6O2. The lowest BCUT2D eigenvalue weighted by Gasteiger charge is -2.12. The Kier molecular flexibility index (Phi) is 7.88. The summed E-state index contributed by atoms with van der Waals surface area (Å²) in [5.74, 6) is -0.901. The minimum Gasteiger partial charge on any atom is -0.404 e. The Morgan fingerprint density at radius 2 is 1.71 bits per heavy atom. The standard InChI is InChI=1S/C25H24F2N6O2/c1-14-3-4-18(33-24(34)16-6-8-31-21(11-16)23(26)27)12-19(14)20(29)9-17(13-28)15-5-7-32-22(10-15)25(35)30-2/h3-13,23H,28-29H2,1-2H3,(H,30,35)(H,33,34)/b17-13+,20-9-. The SMILES string of the molecule is CNC(=O)c1cc(C(/C=C(\N)c2cc(NC(=O)c3ccnc(C(F)F)c3)ccc2C)=C/N)ccn1. The third-order valence-electron chi connectivity index (χ3n) is 5.12. The van der Waals surface area contributed by atoms with Gasteiger partial charge < -0.3 is 22.1 Å². The Morgan fingerprint density at radius 3 is 2.40 bits per heavy atom. The molecule has 2 amide bonds. The van der Waals surface area contributed by atoms with Crippen LogP contribution in [0.25, 0.3) is 11.3 Å². The number of halogens is 2. The number of aryl methyl sites for hydroxylation is 1. The first kappa shape index (κ1) is 25.0. The highest BCUT2D eigenvalue weighted by atomic mass is 19.3. The molecule has 0 fully saturated rings. The quantitative estimate of drug-likeness (QED) is 0.383. The summed E-state index contributed by atoms with van der Waals surface area (Å²) in [5, 5.41) is 5.20. The van der Waals surface area contributed by atoms with Crippen molar-refractivity contribution in [2.24, 2.45) is 11.5 Å². The molecular weight excluding hydrogens is 454 g/mol. The molecule has 0 unspecified atom stereocenters. The molecule has 1 aromatic carbocycles. The zero-order valence-electron chi connectivity index (χ0n) is 19.0. The molecule has 180 valence electrons. The van der Waals surface area contributed by atoms with Crippen LogP contribution in [0.3, 0.4) is 0 Å². The van der Waals surface area contributed by atoms with E-state index in [0.29, 0.717) is 28.1 Å². The minimum absolute atomic E-state index is 0.0545. The maximum atomic E-state index is 12.9. The first-order valence-electron chi connectivity index (χ1n) is 10.5. The number of rotatable bonds is 7. The van der Waals surface area contributed by atoms with E-state index in [4.69, 9.17) is 11.5 Å². The largest absolute Gasteiger partial charge is 0.404 e. The number of carbonyl (C=O) groups excluding carboxylic acids is 2. The highest BCUT2D eigenvalue weighted by Gasteiger charge is 2.14. The summed E-state index contributed by atoms with van der Waals surface area (Å²) in [5.41, 5.74) is 15.4. The number of carbonyl (C=O) groups is 2. The molecule has 3 aromatic rings. The van der Waals surface area contributed by atoms with Crippen molar-refractivity contribution in [3.8, 4) is 0 Å². The lowest BCUT2D eigenvalue weighted by Crippen LogP contribution is -2.19. The monoisotopic (exact) mass is 478 g/mol. The molecule has 0 saturated heterocycles. The highest BCUT2D eigenvalue weighted by molar-refractivity contribution is 6.04. The fourth-order valence-corrected chi connectivity index (χ4v) is 3.26. The summed E-state index contributed by atoms with van der Waals surface area (Å²) in [6.07, 6.45) is 2.88. The van der Waals surface area contributed by atoms with Crippen molar-refractivity contribution in [2.45, 2.75) is 13.3 Å². The second-order valence-electron chi connectivity index (χ2n) is 7.48. The van der Waals surface area contributed by atoms with Gasteiger partial charge in [0.15, 0.2) is 0 Å². The van der Waals surface area contributed by atoms with Gasteiger partial charge in [-0.2, -0.15) is 0 Å². The van der Waals surface area contributed by atoms with Crippen LogP contribution in [-0.2, 0) is 0 Å². The number of anilines is 1. The van der Waals surface area contributed by atoms with Crippen LogP contribution in [0.15, 0.2) is 67.1 Å². The number of nitrogens with two attached hydrogens (primary N) is 2. The average molecular weight is 479 g/mol. The van der Waals surface area contributed by atoms with Crippen LogP contribution in [-0.4, -0.2) is 28.8 Å². The fraction of sp³-hybridized carbons (Fsp3) is 0.120. The van der Waals surface area contributed by atoms with Crippen LogP contribution in [0.1, 0.15) is 49.7 Å². The van der Waals surface area contributed by atoms with Gasteiger partial charge >= 0.3 is 0 Å². The third-order valence-corrected chi connectivity index (χ3v) is 5.12. The first-order chi connectivity index (χ1) is 16.7. The van der Waals surface area contributed by atoms with Gasteiger partial charge in [-0.1, -0.05) is 6.07 Å². The average Bonchev–Trinajstić information content (AvgIpc) is 2.87. The van der Waals surface area contributed by atoms with Crippen molar-refractivity contribution in [1.82, 2.24) is 15.3 Å².